The fraction of sp³-hybridized carbons (Fsp3) is 0.647. The molecule has 2 aliphatic rings. The summed E-state index contributed by atoms with van der Waals surface area (Å²) >= 11 is 6.91. The molecule has 2 atom stereocenters. The van der Waals surface area contributed by atoms with Gasteiger partial charge in [0.2, 0.25) is 0 Å². The topological polar surface area (TPSA) is 85.3 Å². The van der Waals surface area contributed by atoms with Crippen molar-refractivity contribution in [2.24, 2.45) is 0 Å². The minimum atomic E-state index is -1.06. The summed E-state index contributed by atoms with van der Waals surface area (Å²) in [6, 6.07) is 1.21. The van der Waals surface area contributed by atoms with Gasteiger partial charge in [-0.25, -0.2) is 9.59 Å². The monoisotopic (exact) mass is 403 g/mol. The van der Waals surface area contributed by atoms with Crippen LogP contribution in [-0.4, -0.2) is 59.1 Å². The lowest BCUT2D eigenvalue weighted by molar-refractivity contribution is -0.0993. The predicted octanol–water partition coefficient (Wildman–Crippen LogP) is 3.65. The average molecular weight is 404 g/mol. The van der Waals surface area contributed by atoms with Crippen LogP contribution in [0.3, 0.4) is 0 Å². The van der Waals surface area contributed by atoms with Crippen molar-refractivity contribution in [2.45, 2.75) is 57.4 Å². The van der Waals surface area contributed by atoms with Crippen molar-refractivity contribution < 1.29 is 28.9 Å². The third-order valence-electron chi connectivity index (χ3n) is 4.24. The Morgan fingerprint density at radius 3 is 2.46 bits per heavy atom. The summed E-state index contributed by atoms with van der Waals surface area (Å²) in [4.78, 5) is 25.7. The quantitative estimate of drug-likeness (QED) is 0.829. The third-order valence-corrected chi connectivity index (χ3v) is 5.47. The highest BCUT2D eigenvalue weighted by atomic mass is 35.5. The van der Waals surface area contributed by atoms with Crippen molar-refractivity contribution in [3.05, 3.63) is 15.3 Å². The maximum Gasteiger partial charge on any atom is 0.410 e. The number of halogens is 1. The van der Waals surface area contributed by atoms with E-state index in [9.17, 15) is 14.7 Å². The number of thiophene rings is 1. The first-order chi connectivity index (χ1) is 12.1. The number of carbonyl (C=O) groups is 2. The van der Waals surface area contributed by atoms with E-state index in [-0.39, 0.29) is 34.9 Å². The van der Waals surface area contributed by atoms with Crippen molar-refractivity contribution in [2.75, 3.05) is 13.2 Å². The Morgan fingerprint density at radius 1 is 1.31 bits per heavy atom. The largest absolute Gasteiger partial charge is 0.488 e. The van der Waals surface area contributed by atoms with E-state index in [0.29, 0.717) is 30.4 Å². The molecule has 0 aromatic carbocycles. The molecule has 1 N–H and O–H groups in total. The molecule has 0 radical (unpaired) electrons. The number of carboxylic acid groups (broad SMARTS) is 1. The van der Waals surface area contributed by atoms with Gasteiger partial charge < -0.3 is 19.3 Å². The van der Waals surface area contributed by atoms with Crippen LogP contribution in [0.2, 0.25) is 4.34 Å². The van der Waals surface area contributed by atoms with E-state index in [1.807, 2.05) is 20.8 Å². The lowest BCUT2D eigenvalue weighted by atomic mass is 9.92. The van der Waals surface area contributed by atoms with Crippen LogP contribution < -0.4 is 4.74 Å². The average Bonchev–Trinajstić information content (AvgIpc) is 2.85. The molecule has 26 heavy (non-hydrogen) atoms. The molecular formula is C17H22ClNO6S. The fourth-order valence-corrected chi connectivity index (χ4v) is 4.32. The summed E-state index contributed by atoms with van der Waals surface area (Å²) in [5.74, 6) is -0.783. The lowest BCUT2D eigenvalue weighted by Crippen LogP contribution is -2.61. The molecule has 0 spiro atoms. The molecule has 2 bridgehead atoms. The molecule has 2 unspecified atom stereocenters. The lowest BCUT2D eigenvalue weighted by Gasteiger charge is -2.47. The molecule has 1 aromatic rings. The Labute approximate surface area is 160 Å². The Morgan fingerprint density at radius 2 is 1.92 bits per heavy atom. The molecule has 3 heterocycles. The maximum atomic E-state index is 12.6. The second kappa shape index (κ2) is 7.25. The fourth-order valence-electron chi connectivity index (χ4n) is 3.34. The molecule has 1 aromatic heterocycles. The number of nitrogens with zero attached hydrogens (tertiary/aromatic N) is 1. The Kier molecular flexibility index (Phi) is 5.37. The Hall–Kier alpha value is -1.51. The van der Waals surface area contributed by atoms with Gasteiger partial charge in [0.1, 0.15) is 17.5 Å². The molecular weight excluding hydrogens is 382 g/mol. The van der Waals surface area contributed by atoms with Crippen molar-refractivity contribution in [3.8, 4) is 5.75 Å². The van der Waals surface area contributed by atoms with Crippen LogP contribution >= 0.6 is 22.9 Å². The maximum absolute atomic E-state index is 12.6. The van der Waals surface area contributed by atoms with Gasteiger partial charge in [-0.05, 0) is 20.8 Å². The van der Waals surface area contributed by atoms with Crippen LogP contribution in [0.4, 0.5) is 4.79 Å². The van der Waals surface area contributed by atoms with Crippen LogP contribution in [0.5, 0.6) is 5.75 Å². The Bertz CT molecular complexity index is 686. The molecule has 0 saturated carbocycles. The zero-order chi connectivity index (χ0) is 19.1. The first-order valence-electron chi connectivity index (χ1n) is 8.42. The smallest absolute Gasteiger partial charge is 0.410 e. The molecule has 3 rings (SSSR count). The van der Waals surface area contributed by atoms with E-state index < -0.39 is 11.6 Å². The van der Waals surface area contributed by atoms with E-state index in [1.54, 1.807) is 4.90 Å². The first kappa shape index (κ1) is 19.3. The molecule has 7 nitrogen and oxygen atoms in total. The SMILES string of the molecule is CC(C)(C)OC(=O)N1C2COCC1CC(Oc1cc(Cl)sc1C(=O)O)C2. The summed E-state index contributed by atoms with van der Waals surface area (Å²) in [5, 5.41) is 9.28. The number of carboxylic acids is 1. The number of amides is 1. The second-order valence-corrected chi connectivity index (χ2v) is 9.18. The number of hydrogen-bond donors (Lipinski definition) is 1. The van der Waals surface area contributed by atoms with Gasteiger partial charge >= 0.3 is 12.1 Å². The minimum absolute atomic E-state index is 0.0889. The highest BCUT2D eigenvalue weighted by Crippen LogP contribution is 2.37. The molecule has 144 valence electrons. The van der Waals surface area contributed by atoms with Crippen LogP contribution in [-0.2, 0) is 9.47 Å². The van der Waals surface area contributed by atoms with Gasteiger partial charge in [0.05, 0.1) is 29.6 Å². The first-order valence-corrected chi connectivity index (χ1v) is 9.62. The van der Waals surface area contributed by atoms with Gasteiger partial charge in [0.25, 0.3) is 0 Å². The summed E-state index contributed by atoms with van der Waals surface area (Å²) in [5.41, 5.74) is -0.566. The number of fused-ring (bicyclic) bond motifs is 2. The highest BCUT2D eigenvalue weighted by Gasteiger charge is 2.44. The number of aromatic carboxylic acids is 1. The third kappa shape index (κ3) is 4.24. The van der Waals surface area contributed by atoms with Gasteiger partial charge in [0, 0.05) is 18.9 Å². The van der Waals surface area contributed by atoms with Gasteiger partial charge in [-0.3, -0.25) is 4.90 Å². The van der Waals surface area contributed by atoms with Crippen LogP contribution in [0.15, 0.2) is 6.07 Å². The van der Waals surface area contributed by atoms with E-state index in [0.717, 1.165) is 11.3 Å². The molecule has 2 fully saturated rings. The van der Waals surface area contributed by atoms with E-state index in [1.165, 1.54) is 6.07 Å². The molecule has 1 amide bonds. The molecule has 2 saturated heterocycles. The summed E-state index contributed by atoms with van der Waals surface area (Å²) in [7, 11) is 0. The molecule has 9 heteroatoms. The van der Waals surface area contributed by atoms with Crippen molar-refractivity contribution in [3.63, 3.8) is 0 Å². The normalized spacial score (nSPS) is 25.7. The molecule has 0 aliphatic carbocycles. The van der Waals surface area contributed by atoms with Crippen LogP contribution in [0.1, 0.15) is 43.3 Å². The van der Waals surface area contributed by atoms with Crippen molar-refractivity contribution in [1.82, 2.24) is 4.90 Å². The number of morpholine rings is 1. The number of piperidine rings is 1. The zero-order valence-electron chi connectivity index (χ0n) is 14.9. The standard InChI is InChI=1S/C17H22ClNO6S/c1-17(2,3)25-16(22)19-9-4-11(5-10(19)8-23-7-9)24-12-6-13(18)26-14(12)15(20)21/h6,9-11H,4-5,7-8H2,1-3H3,(H,20,21). The summed E-state index contributed by atoms with van der Waals surface area (Å²) in [6.45, 7) is 6.32. The second-order valence-electron chi connectivity index (χ2n) is 7.49. The van der Waals surface area contributed by atoms with E-state index in [4.69, 9.17) is 25.8 Å². The van der Waals surface area contributed by atoms with E-state index in [2.05, 4.69) is 0 Å². The Balaban J connectivity index is 1.72. The van der Waals surface area contributed by atoms with Crippen molar-refractivity contribution >= 4 is 35.0 Å². The zero-order valence-corrected chi connectivity index (χ0v) is 16.4. The summed E-state index contributed by atoms with van der Waals surface area (Å²) in [6.07, 6.45) is 0.528. The van der Waals surface area contributed by atoms with Crippen LogP contribution in [0.25, 0.3) is 0 Å². The summed E-state index contributed by atoms with van der Waals surface area (Å²) < 4.78 is 17.4. The number of hydrogen-bond acceptors (Lipinski definition) is 6. The predicted molar refractivity (Wildman–Crippen MR) is 96.4 cm³/mol. The van der Waals surface area contributed by atoms with Gasteiger partial charge in [-0.2, -0.15) is 0 Å². The highest BCUT2D eigenvalue weighted by molar-refractivity contribution is 7.18. The van der Waals surface area contributed by atoms with Crippen LogP contribution in [0, 0.1) is 0 Å². The number of carbonyl (C=O) groups excluding carboxylic acids is 1. The number of ether oxygens (including phenoxy) is 3. The van der Waals surface area contributed by atoms with Gasteiger partial charge in [-0.15, -0.1) is 11.3 Å². The van der Waals surface area contributed by atoms with Gasteiger partial charge in [0.15, 0.2) is 4.88 Å². The molecule has 2 aliphatic heterocycles. The number of rotatable bonds is 3. The van der Waals surface area contributed by atoms with Crippen molar-refractivity contribution in [1.29, 1.82) is 0 Å². The minimum Gasteiger partial charge on any atom is -0.488 e. The van der Waals surface area contributed by atoms with E-state index >= 15 is 0 Å². The van der Waals surface area contributed by atoms with Gasteiger partial charge in [-0.1, -0.05) is 11.6 Å².